The van der Waals surface area contributed by atoms with E-state index < -0.39 is 39.0 Å². The molecule has 2 aliphatic rings. The molecule has 0 saturated heterocycles. The van der Waals surface area contributed by atoms with Crippen molar-refractivity contribution in [3.8, 4) is 58.4 Å². The lowest BCUT2D eigenvalue weighted by Gasteiger charge is -2.29. The number of hydrogen-bond acceptors (Lipinski definition) is 15. The number of aliphatic hydroxyl groups excluding tert-OH is 2. The van der Waals surface area contributed by atoms with Crippen molar-refractivity contribution in [1.82, 2.24) is 29.5 Å². The molecule has 482 valence electrons. The van der Waals surface area contributed by atoms with Gasteiger partial charge in [-0.2, -0.15) is 11.1 Å². The van der Waals surface area contributed by atoms with Crippen molar-refractivity contribution >= 4 is 72.8 Å². The van der Waals surface area contributed by atoms with Crippen LogP contribution in [-0.2, 0) is 23.5 Å². The maximum absolute atomic E-state index is 12.8. The Morgan fingerprint density at radius 3 is 1.30 bits per heavy atom. The van der Waals surface area contributed by atoms with Crippen LogP contribution in [0.25, 0.3) is 10.0 Å². The van der Waals surface area contributed by atoms with Crippen LogP contribution in [0.3, 0.4) is 0 Å². The highest BCUT2D eigenvalue weighted by Crippen LogP contribution is 2.42. The molecule has 2 atom stereocenters. The fourth-order valence-corrected chi connectivity index (χ4v) is 11.5. The number of thiophene rings is 2. The van der Waals surface area contributed by atoms with Crippen molar-refractivity contribution in [2.45, 2.75) is 204 Å². The number of benzene rings is 2. The van der Waals surface area contributed by atoms with E-state index in [4.69, 9.17) is 51.6 Å². The lowest BCUT2D eigenvalue weighted by Crippen LogP contribution is -2.33. The Bertz CT molecular complexity index is 3510. The summed E-state index contributed by atoms with van der Waals surface area (Å²) in [5.41, 5.74) is 9.21. The minimum absolute atomic E-state index is 0.0614. The van der Waals surface area contributed by atoms with Crippen molar-refractivity contribution < 1.29 is 33.7 Å². The zero-order valence-electron chi connectivity index (χ0n) is 57.0. The standard InChI is InChI=1S/C27H30N4O2S.C26H28N4O3S.C8H16OSi.C6H15ClSi.C3H4O/c1-8-9-10-19-11-13-20(14-12-19)24-23-16(2)17(3)34-26(23)31-18(4)29-30-25(31)21(28-24)15-22(32)33-27(5,6)7;1-15-16(2)34-25-22(15)23(19-11-9-18(10-12-19)8-7-13-31)27-20(14-21(32)33-26(4,5)6)24-29-28-17(3)30(24)25;1-6-7-9-10(4,5)8(2)3;1-6(2,3)8(4,5)7;1-2-3-4/h11-14,21H,8,15H2,1-7H3;9-12,20,31H,13-14H2,1-6H3;1,8H,7H2,2-5H3;1-5H3;1,4H,3H2/t21-;20-;;;/m00.../s1. The quantitative estimate of drug-likeness (QED) is 0.0607. The Morgan fingerprint density at radius 1 is 0.633 bits per heavy atom. The summed E-state index contributed by atoms with van der Waals surface area (Å²) in [7, 11) is -2.83. The van der Waals surface area contributed by atoms with Crippen molar-refractivity contribution in [1.29, 1.82) is 0 Å². The summed E-state index contributed by atoms with van der Waals surface area (Å²) in [6.45, 7) is 45.3. The molecule has 20 heteroatoms. The first-order valence-electron chi connectivity index (χ1n) is 30.1. The summed E-state index contributed by atoms with van der Waals surface area (Å²) >= 11 is 9.52. The van der Waals surface area contributed by atoms with E-state index in [1.54, 1.807) is 22.7 Å². The van der Waals surface area contributed by atoms with Crippen LogP contribution in [0.1, 0.15) is 192 Å². The predicted octanol–water partition coefficient (Wildman–Crippen LogP) is 15.0. The third kappa shape index (κ3) is 20.9. The maximum atomic E-state index is 12.8. The Labute approximate surface area is 550 Å². The topological polar surface area (TPSA) is 188 Å². The average molecular weight is 1310 g/mol. The van der Waals surface area contributed by atoms with E-state index in [1.165, 1.54) is 15.3 Å². The van der Waals surface area contributed by atoms with Gasteiger partial charge in [-0.1, -0.05) is 114 Å². The SMILES string of the molecule is C#CCO.C#CCO[Si](C)(C)C(C)C.CC(C)(C)[Si](C)(C)Cl.CCC#Cc1ccc(C2=N[C@@H](CC(=O)OC(C)(C)C)c3nnc(C)n3-c3sc(C)c(C)c32)cc1.Cc1sc2c(c1C)C(c1ccc(C#CCO)cc1)=N[C@@H](CC(=O)OC(C)(C)C)c1nnc(C)n1-2. The Balaban J connectivity index is 0.000000289. The van der Waals surface area contributed by atoms with Crippen LogP contribution in [-0.4, -0.2) is 110 Å². The predicted molar refractivity (Wildman–Crippen MR) is 375 cm³/mol. The molecule has 2 aliphatic heterocycles. The maximum Gasteiger partial charge on any atom is 0.308 e. The lowest BCUT2D eigenvalue weighted by atomic mass is 9.98. The molecule has 0 amide bonds. The van der Waals surface area contributed by atoms with Crippen LogP contribution in [0, 0.1) is 89.9 Å². The molecule has 0 saturated carbocycles. The second-order valence-electron chi connectivity index (χ2n) is 26.0. The third-order valence-electron chi connectivity index (χ3n) is 14.9. The van der Waals surface area contributed by atoms with E-state index in [0.29, 0.717) is 28.8 Å². The highest BCUT2D eigenvalue weighted by Gasteiger charge is 2.36. The van der Waals surface area contributed by atoms with E-state index in [1.807, 2.05) is 114 Å². The van der Waals surface area contributed by atoms with Crippen molar-refractivity contribution in [3.05, 3.63) is 126 Å². The number of carbonyl (C=O) groups is 2. The largest absolute Gasteiger partial charge is 0.460 e. The number of aliphatic imine (C=N–C) groups is 2. The number of esters is 2. The number of nitrogens with zero attached hydrogens (tertiary/aromatic N) is 8. The van der Waals surface area contributed by atoms with Gasteiger partial charge in [0.2, 0.25) is 0 Å². The molecule has 0 spiro atoms. The molecule has 0 aliphatic carbocycles. The van der Waals surface area contributed by atoms with E-state index in [2.05, 4.69) is 157 Å². The third-order valence-corrected chi connectivity index (χ3v) is 26.2. The summed E-state index contributed by atoms with van der Waals surface area (Å²) in [6, 6.07) is 14.9. The van der Waals surface area contributed by atoms with Gasteiger partial charge >= 0.3 is 11.9 Å². The molecule has 4 aromatic heterocycles. The van der Waals surface area contributed by atoms with Gasteiger partial charge < -0.3 is 24.1 Å². The minimum Gasteiger partial charge on any atom is -0.460 e. The van der Waals surface area contributed by atoms with Crippen LogP contribution in [0.15, 0.2) is 58.5 Å². The van der Waals surface area contributed by atoms with Gasteiger partial charge in [0.05, 0.1) is 30.9 Å². The van der Waals surface area contributed by atoms with Crippen LogP contribution in [0.2, 0.25) is 36.8 Å². The fourth-order valence-electron chi connectivity index (χ4n) is 8.28. The molecule has 6 heterocycles. The summed E-state index contributed by atoms with van der Waals surface area (Å²) in [4.78, 5) is 38.3. The molecule has 15 nitrogen and oxygen atoms in total. The molecule has 0 bridgehead atoms. The van der Waals surface area contributed by atoms with Gasteiger partial charge in [-0.15, -0.1) is 55.9 Å². The smallest absolute Gasteiger partial charge is 0.308 e. The fraction of sp³-hybridized carbons (Fsp3) is 0.486. The van der Waals surface area contributed by atoms with E-state index >= 15 is 0 Å². The number of hydrogen-bond donors (Lipinski definition) is 2. The van der Waals surface area contributed by atoms with E-state index in [9.17, 15) is 9.59 Å². The number of carbonyl (C=O) groups excluding carboxylic acids is 2. The Hall–Kier alpha value is -6.76. The lowest BCUT2D eigenvalue weighted by molar-refractivity contribution is -0.156. The number of aliphatic hydroxyl groups is 2. The molecule has 6 aromatic rings. The minimum atomic E-state index is -1.44. The molecule has 8 rings (SSSR count). The molecular formula is C70H93ClN8O7S2Si2. The first-order valence-corrected chi connectivity index (χ1v) is 38.7. The summed E-state index contributed by atoms with van der Waals surface area (Å²) in [5.74, 6) is 18.5. The summed E-state index contributed by atoms with van der Waals surface area (Å²) in [5, 5.41) is 36.5. The Morgan fingerprint density at radius 2 is 1.00 bits per heavy atom. The first kappa shape index (κ1) is 75.7. The molecule has 0 fully saturated rings. The van der Waals surface area contributed by atoms with Gasteiger partial charge in [0, 0.05) is 49.6 Å². The zero-order valence-corrected chi connectivity index (χ0v) is 61.3. The van der Waals surface area contributed by atoms with E-state index in [0.717, 1.165) is 78.4 Å². The van der Waals surface area contributed by atoms with Crippen LogP contribution >= 0.6 is 33.8 Å². The molecular weight excluding hydrogens is 1220 g/mol. The highest BCUT2D eigenvalue weighted by molar-refractivity contribution is 7.20. The van der Waals surface area contributed by atoms with Crippen LogP contribution in [0.5, 0.6) is 0 Å². The monoisotopic (exact) mass is 1310 g/mol. The number of halogens is 1. The Kier molecular flexibility index (Phi) is 27.3. The van der Waals surface area contributed by atoms with Crippen molar-refractivity contribution in [2.75, 3.05) is 19.8 Å². The van der Waals surface area contributed by atoms with Gasteiger partial charge in [-0.25, -0.2) is 0 Å². The summed E-state index contributed by atoms with van der Waals surface area (Å²) in [6.07, 6.45) is 10.6. The number of rotatable bonds is 9. The summed E-state index contributed by atoms with van der Waals surface area (Å²) < 4.78 is 20.8. The normalized spacial score (nSPS) is 14.0. The number of aryl methyl sites for hydroxylation is 4. The molecule has 2 N–H and O–H groups in total. The van der Waals surface area contributed by atoms with Gasteiger partial charge in [-0.05, 0) is 142 Å². The average Bonchev–Trinajstić information content (AvgIpc) is 1.65. The van der Waals surface area contributed by atoms with Gasteiger partial charge in [0.1, 0.15) is 58.2 Å². The highest BCUT2D eigenvalue weighted by atomic mass is 35.6. The molecule has 0 unspecified atom stereocenters. The van der Waals surface area contributed by atoms with Crippen LogP contribution in [0.4, 0.5) is 0 Å². The van der Waals surface area contributed by atoms with Gasteiger partial charge in [0.25, 0.3) is 0 Å². The van der Waals surface area contributed by atoms with Gasteiger partial charge in [0.15, 0.2) is 27.3 Å². The second kappa shape index (κ2) is 32.5. The van der Waals surface area contributed by atoms with Crippen molar-refractivity contribution in [2.24, 2.45) is 9.98 Å². The van der Waals surface area contributed by atoms with Crippen molar-refractivity contribution in [3.63, 3.8) is 0 Å². The van der Waals surface area contributed by atoms with E-state index in [-0.39, 0.29) is 38.0 Å². The van der Waals surface area contributed by atoms with Crippen LogP contribution < -0.4 is 0 Å². The van der Waals surface area contributed by atoms with Gasteiger partial charge in [-0.3, -0.25) is 28.7 Å². The number of aromatic nitrogens is 6. The number of ether oxygens (including phenoxy) is 2. The molecule has 2 aromatic carbocycles. The second-order valence-corrected chi connectivity index (χ2v) is 40.3. The number of fused-ring (bicyclic) bond motifs is 6. The molecule has 0 radical (unpaired) electrons. The molecule has 90 heavy (non-hydrogen) atoms. The number of terminal acetylenes is 2. The zero-order chi connectivity index (χ0) is 67.9. The first-order chi connectivity index (χ1) is 41.8.